The van der Waals surface area contributed by atoms with Crippen LogP contribution < -0.4 is 5.32 Å². The standard InChI is InChI=1S/C20H26FN7O2S/c21-15-4-3-5-16(12-15)22-18(29)13-26-8-10-27(11-9-26)19(30)14-31-20-23-24-25-28(20)17-6-1-2-7-17/h3-5,12,17H,1-2,6-11,13-14H2,(H,22,29). The number of aromatic nitrogens is 4. The fourth-order valence-corrected chi connectivity index (χ4v) is 4.85. The topological polar surface area (TPSA) is 96.2 Å². The Morgan fingerprint density at radius 2 is 1.94 bits per heavy atom. The second-order valence-corrected chi connectivity index (χ2v) is 8.79. The van der Waals surface area contributed by atoms with Crippen LogP contribution in [-0.2, 0) is 9.59 Å². The lowest BCUT2D eigenvalue weighted by Crippen LogP contribution is -2.50. The molecule has 1 aromatic carbocycles. The van der Waals surface area contributed by atoms with Crippen molar-refractivity contribution in [2.75, 3.05) is 43.8 Å². The van der Waals surface area contributed by atoms with Crippen LogP contribution in [-0.4, -0.2) is 80.3 Å². The van der Waals surface area contributed by atoms with Gasteiger partial charge in [-0.05, 0) is 41.5 Å². The van der Waals surface area contributed by atoms with Gasteiger partial charge in [0.05, 0.1) is 18.3 Å². The van der Waals surface area contributed by atoms with E-state index in [0.29, 0.717) is 48.8 Å². The Morgan fingerprint density at radius 3 is 2.68 bits per heavy atom. The molecule has 0 spiro atoms. The van der Waals surface area contributed by atoms with E-state index in [1.807, 2.05) is 14.5 Å². The molecule has 0 atom stereocenters. The van der Waals surface area contributed by atoms with Gasteiger partial charge in [0.15, 0.2) is 0 Å². The lowest BCUT2D eigenvalue weighted by molar-refractivity contribution is -0.130. The van der Waals surface area contributed by atoms with Gasteiger partial charge < -0.3 is 10.2 Å². The summed E-state index contributed by atoms with van der Waals surface area (Å²) >= 11 is 1.38. The number of carbonyl (C=O) groups excluding carboxylic acids is 2. The van der Waals surface area contributed by atoms with Crippen molar-refractivity contribution in [3.63, 3.8) is 0 Å². The van der Waals surface area contributed by atoms with Gasteiger partial charge in [-0.1, -0.05) is 30.7 Å². The van der Waals surface area contributed by atoms with Crippen molar-refractivity contribution in [2.24, 2.45) is 0 Å². The van der Waals surface area contributed by atoms with Gasteiger partial charge in [0.1, 0.15) is 5.82 Å². The minimum absolute atomic E-state index is 0.0508. The molecule has 1 aliphatic heterocycles. The van der Waals surface area contributed by atoms with Crippen LogP contribution in [0.3, 0.4) is 0 Å². The zero-order valence-electron chi connectivity index (χ0n) is 17.2. The van der Waals surface area contributed by atoms with E-state index in [2.05, 4.69) is 20.8 Å². The molecule has 1 N–H and O–H groups in total. The molecule has 2 aliphatic rings. The van der Waals surface area contributed by atoms with Crippen LogP contribution in [0.5, 0.6) is 0 Å². The molecule has 2 amide bonds. The lowest BCUT2D eigenvalue weighted by atomic mass is 10.3. The van der Waals surface area contributed by atoms with Gasteiger partial charge >= 0.3 is 0 Å². The number of nitrogens with zero attached hydrogens (tertiary/aromatic N) is 6. The lowest BCUT2D eigenvalue weighted by Gasteiger charge is -2.34. The predicted molar refractivity (Wildman–Crippen MR) is 114 cm³/mol. The first-order chi connectivity index (χ1) is 15.1. The van der Waals surface area contributed by atoms with Crippen LogP contribution in [0.4, 0.5) is 10.1 Å². The molecule has 0 unspecified atom stereocenters. The molecule has 166 valence electrons. The van der Waals surface area contributed by atoms with E-state index in [1.165, 1.54) is 36.7 Å². The minimum atomic E-state index is -0.389. The highest BCUT2D eigenvalue weighted by Crippen LogP contribution is 2.31. The number of nitrogens with one attached hydrogen (secondary N) is 1. The number of benzene rings is 1. The monoisotopic (exact) mass is 447 g/mol. The van der Waals surface area contributed by atoms with E-state index in [9.17, 15) is 14.0 Å². The van der Waals surface area contributed by atoms with Crippen molar-refractivity contribution in [1.29, 1.82) is 0 Å². The number of hydrogen-bond donors (Lipinski definition) is 1. The highest BCUT2D eigenvalue weighted by Gasteiger charge is 2.25. The van der Waals surface area contributed by atoms with E-state index in [0.717, 1.165) is 12.8 Å². The Bertz CT molecular complexity index is 910. The second kappa shape index (κ2) is 10.2. The van der Waals surface area contributed by atoms with Gasteiger partial charge in [0.2, 0.25) is 17.0 Å². The van der Waals surface area contributed by atoms with Crippen LogP contribution in [0.1, 0.15) is 31.7 Å². The summed E-state index contributed by atoms with van der Waals surface area (Å²) in [5, 5.41) is 15.4. The largest absolute Gasteiger partial charge is 0.339 e. The van der Waals surface area contributed by atoms with Crippen LogP contribution in [0.15, 0.2) is 29.4 Å². The van der Waals surface area contributed by atoms with Gasteiger partial charge in [-0.15, -0.1) is 5.10 Å². The Hall–Kier alpha value is -2.53. The summed E-state index contributed by atoms with van der Waals surface area (Å²) in [6.45, 7) is 2.59. The molecular weight excluding hydrogens is 421 g/mol. The molecule has 1 saturated heterocycles. The van der Waals surface area contributed by atoms with Crippen LogP contribution in [0.25, 0.3) is 0 Å². The van der Waals surface area contributed by atoms with Gasteiger partial charge in [-0.2, -0.15) is 0 Å². The van der Waals surface area contributed by atoms with E-state index in [1.54, 1.807) is 12.1 Å². The van der Waals surface area contributed by atoms with Gasteiger partial charge in [-0.25, -0.2) is 9.07 Å². The number of rotatable bonds is 7. The van der Waals surface area contributed by atoms with E-state index >= 15 is 0 Å². The molecule has 9 nitrogen and oxygen atoms in total. The maximum absolute atomic E-state index is 13.2. The molecule has 0 bridgehead atoms. The molecule has 2 fully saturated rings. The predicted octanol–water partition coefficient (Wildman–Crippen LogP) is 1.80. The third-order valence-corrected chi connectivity index (χ3v) is 6.58. The Balaban J connectivity index is 1.19. The van der Waals surface area contributed by atoms with Gasteiger partial charge in [0, 0.05) is 31.9 Å². The summed E-state index contributed by atoms with van der Waals surface area (Å²) in [7, 11) is 0. The van der Waals surface area contributed by atoms with Crippen molar-refractivity contribution in [2.45, 2.75) is 36.9 Å². The summed E-state index contributed by atoms with van der Waals surface area (Å²) in [5.41, 5.74) is 0.441. The summed E-state index contributed by atoms with van der Waals surface area (Å²) in [6, 6.07) is 6.17. The molecule has 4 rings (SSSR count). The van der Waals surface area contributed by atoms with Crippen molar-refractivity contribution in [3.8, 4) is 0 Å². The zero-order valence-corrected chi connectivity index (χ0v) is 18.1. The quantitative estimate of drug-likeness (QED) is 0.647. The molecule has 2 heterocycles. The maximum Gasteiger partial charge on any atom is 0.238 e. The smallest absolute Gasteiger partial charge is 0.238 e. The summed E-state index contributed by atoms with van der Waals surface area (Å²) in [6.07, 6.45) is 4.55. The summed E-state index contributed by atoms with van der Waals surface area (Å²) in [4.78, 5) is 28.6. The Kier molecular flexibility index (Phi) is 7.13. The number of piperazine rings is 1. The third kappa shape index (κ3) is 5.79. The first-order valence-corrected chi connectivity index (χ1v) is 11.5. The maximum atomic E-state index is 13.2. The number of thioether (sulfide) groups is 1. The minimum Gasteiger partial charge on any atom is -0.339 e. The zero-order chi connectivity index (χ0) is 21.6. The molecular formula is C20H26FN7O2S. The number of amides is 2. The fourth-order valence-electron chi connectivity index (χ4n) is 4.00. The molecule has 2 aromatic rings. The number of anilines is 1. The second-order valence-electron chi connectivity index (χ2n) is 7.85. The van der Waals surface area contributed by atoms with Crippen molar-refractivity contribution in [3.05, 3.63) is 30.1 Å². The first-order valence-electron chi connectivity index (χ1n) is 10.5. The highest BCUT2D eigenvalue weighted by molar-refractivity contribution is 7.99. The molecule has 0 radical (unpaired) electrons. The average molecular weight is 448 g/mol. The normalized spacial score (nSPS) is 17.8. The third-order valence-electron chi connectivity index (χ3n) is 5.66. The van der Waals surface area contributed by atoms with E-state index in [-0.39, 0.29) is 24.2 Å². The van der Waals surface area contributed by atoms with Gasteiger partial charge in [0.25, 0.3) is 0 Å². The number of carbonyl (C=O) groups is 2. The van der Waals surface area contributed by atoms with Crippen molar-refractivity contribution in [1.82, 2.24) is 30.0 Å². The molecule has 11 heteroatoms. The molecule has 1 aliphatic carbocycles. The van der Waals surface area contributed by atoms with E-state index < -0.39 is 0 Å². The Labute approximate surface area is 184 Å². The van der Waals surface area contributed by atoms with Crippen LogP contribution >= 0.6 is 11.8 Å². The Morgan fingerprint density at radius 1 is 1.16 bits per heavy atom. The van der Waals surface area contributed by atoms with Crippen LogP contribution in [0.2, 0.25) is 0 Å². The number of hydrogen-bond acceptors (Lipinski definition) is 7. The molecule has 1 saturated carbocycles. The number of halogens is 1. The molecule has 31 heavy (non-hydrogen) atoms. The number of tetrazole rings is 1. The van der Waals surface area contributed by atoms with Crippen molar-refractivity contribution >= 4 is 29.3 Å². The van der Waals surface area contributed by atoms with E-state index in [4.69, 9.17) is 0 Å². The summed E-state index contributed by atoms with van der Waals surface area (Å²) in [5.74, 6) is -0.234. The summed E-state index contributed by atoms with van der Waals surface area (Å²) < 4.78 is 15.1. The fraction of sp³-hybridized carbons (Fsp3) is 0.550. The molecule has 1 aromatic heterocycles. The first kappa shape index (κ1) is 21.7. The van der Waals surface area contributed by atoms with Gasteiger partial charge in [-0.3, -0.25) is 14.5 Å². The van der Waals surface area contributed by atoms with Crippen LogP contribution in [0, 0.1) is 5.82 Å². The average Bonchev–Trinajstić information content (AvgIpc) is 3.44. The highest BCUT2D eigenvalue weighted by atomic mass is 32.2. The SMILES string of the molecule is O=C(CN1CCN(C(=O)CSc2nnnn2C2CCCC2)CC1)Nc1cccc(F)c1. The van der Waals surface area contributed by atoms with Crippen molar-refractivity contribution < 1.29 is 14.0 Å².